The number of phenols is 1. The first-order valence-electron chi connectivity index (χ1n) is 10.2. The Morgan fingerprint density at radius 2 is 1.68 bits per heavy atom. The first kappa shape index (κ1) is 22.2. The van der Waals surface area contributed by atoms with Crippen molar-refractivity contribution in [2.75, 3.05) is 0 Å². The van der Waals surface area contributed by atoms with Crippen LogP contribution < -0.4 is 15.6 Å². The molecular formula is C26H19N3O5. The van der Waals surface area contributed by atoms with Gasteiger partial charge in [0.1, 0.15) is 24.2 Å². The summed E-state index contributed by atoms with van der Waals surface area (Å²) < 4.78 is 11.4. The number of hydrogen-bond acceptors (Lipinski definition) is 6. The van der Waals surface area contributed by atoms with Crippen molar-refractivity contribution in [3.05, 3.63) is 108 Å². The van der Waals surface area contributed by atoms with E-state index in [9.17, 15) is 14.7 Å². The highest BCUT2D eigenvalue weighted by Crippen LogP contribution is 2.31. The van der Waals surface area contributed by atoms with E-state index in [-0.39, 0.29) is 22.6 Å². The molecule has 1 aromatic heterocycles. The molecule has 1 heterocycles. The smallest absolute Gasteiger partial charge is 0.305 e. The number of aromatic hydroxyl groups is 1. The second-order valence-corrected chi connectivity index (χ2v) is 7.22. The number of nitriles is 1. The summed E-state index contributed by atoms with van der Waals surface area (Å²) in [6.07, 6.45) is 1.43. The Bertz CT molecular complexity index is 1370. The van der Waals surface area contributed by atoms with Gasteiger partial charge in [0.15, 0.2) is 5.76 Å². The van der Waals surface area contributed by atoms with Crippen LogP contribution in [0.25, 0.3) is 11.1 Å². The molecule has 4 aromatic rings. The number of rotatable bonds is 6. The summed E-state index contributed by atoms with van der Waals surface area (Å²) in [5, 5.41) is 18.5. The molecule has 0 aliphatic rings. The minimum absolute atomic E-state index is 0.0171. The monoisotopic (exact) mass is 453 g/mol. The lowest BCUT2D eigenvalue weighted by Crippen LogP contribution is -2.41. The van der Waals surface area contributed by atoms with Crippen molar-refractivity contribution in [1.82, 2.24) is 10.9 Å². The molecular weight excluding hydrogens is 434 g/mol. The minimum atomic E-state index is -0.665. The van der Waals surface area contributed by atoms with Crippen LogP contribution in [0.2, 0.25) is 0 Å². The SMILES string of the molecule is N#Cc1cc(C(=O)NNC(=O)c2cc(-c3ccccc3OCc3ccccc3)co2)ccc1O. The number of carbonyl (C=O) groups excluding carboxylic acids is 2. The highest BCUT2D eigenvalue weighted by Gasteiger charge is 2.16. The van der Waals surface area contributed by atoms with Gasteiger partial charge in [0.25, 0.3) is 5.91 Å². The molecule has 2 amide bonds. The number of hydrogen-bond donors (Lipinski definition) is 3. The number of ether oxygens (including phenoxy) is 1. The van der Waals surface area contributed by atoms with Gasteiger partial charge >= 0.3 is 5.91 Å². The van der Waals surface area contributed by atoms with Crippen molar-refractivity contribution in [1.29, 1.82) is 5.26 Å². The second-order valence-electron chi connectivity index (χ2n) is 7.22. The quantitative estimate of drug-likeness (QED) is 0.376. The molecule has 4 rings (SSSR count). The Morgan fingerprint density at radius 3 is 2.47 bits per heavy atom. The Hall–Kier alpha value is -5.03. The van der Waals surface area contributed by atoms with Gasteiger partial charge in [0.2, 0.25) is 0 Å². The number of hydrazine groups is 1. The number of phenolic OH excluding ortho intramolecular Hbond substituents is 1. The van der Waals surface area contributed by atoms with Crippen LogP contribution >= 0.6 is 0 Å². The topological polar surface area (TPSA) is 125 Å². The van der Waals surface area contributed by atoms with Crippen LogP contribution in [0.15, 0.2) is 89.5 Å². The summed E-state index contributed by atoms with van der Waals surface area (Å²) in [7, 11) is 0. The predicted octanol–water partition coefficient (Wildman–Crippen LogP) is 4.18. The van der Waals surface area contributed by atoms with Gasteiger partial charge < -0.3 is 14.3 Å². The molecule has 8 nitrogen and oxygen atoms in total. The summed E-state index contributed by atoms with van der Waals surface area (Å²) in [6, 6.07) is 24.2. The number of furan rings is 1. The van der Waals surface area contributed by atoms with Gasteiger partial charge in [0, 0.05) is 16.7 Å². The zero-order chi connectivity index (χ0) is 23.9. The first-order valence-corrected chi connectivity index (χ1v) is 10.2. The fraction of sp³-hybridized carbons (Fsp3) is 0.0385. The van der Waals surface area contributed by atoms with Crippen LogP contribution in [0.5, 0.6) is 11.5 Å². The van der Waals surface area contributed by atoms with Crippen molar-refractivity contribution >= 4 is 11.8 Å². The Labute approximate surface area is 195 Å². The van der Waals surface area contributed by atoms with E-state index in [4.69, 9.17) is 14.4 Å². The molecule has 0 aliphatic heterocycles. The van der Waals surface area contributed by atoms with Crippen LogP contribution in [0.1, 0.15) is 32.0 Å². The van der Waals surface area contributed by atoms with E-state index in [0.29, 0.717) is 17.9 Å². The number of benzene rings is 3. The summed E-state index contributed by atoms with van der Waals surface area (Å²) in [4.78, 5) is 24.7. The maximum absolute atomic E-state index is 12.5. The van der Waals surface area contributed by atoms with Gasteiger partial charge in [-0.05, 0) is 35.9 Å². The molecule has 0 atom stereocenters. The Morgan fingerprint density at radius 1 is 0.941 bits per heavy atom. The Kier molecular flexibility index (Phi) is 6.56. The summed E-state index contributed by atoms with van der Waals surface area (Å²) >= 11 is 0. The number of nitrogens with one attached hydrogen (secondary N) is 2. The molecule has 0 saturated carbocycles. The number of para-hydroxylation sites is 1. The third kappa shape index (κ3) is 5.06. The standard InChI is InChI=1S/C26H19N3O5/c27-14-19-12-18(10-11-22(19)30)25(31)28-29-26(32)24-13-20(16-34-24)21-8-4-5-9-23(21)33-15-17-6-2-1-3-7-17/h1-13,16,30H,15H2,(H,28,31)(H,29,32). The zero-order valence-corrected chi connectivity index (χ0v) is 17.8. The van der Waals surface area contributed by atoms with Crippen LogP contribution in [0, 0.1) is 11.3 Å². The summed E-state index contributed by atoms with van der Waals surface area (Å²) in [6.45, 7) is 0.389. The number of carbonyl (C=O) groups is 2. The van der Waals surface area contributed by atoms with Crippen molar-refractivity contribution in [2.24, 2.45) is 0 Å². The molecule has 3 aromatic carbocycles. The minimum Gasteiger partial charge on any atom is -0.507 e. The molecule has 0 radical (unpaired) electrons. The van der Waals surface area contributed by atoms with E-state index < -0.39 is 11.8 Å². The van der Waals surface area contributed by atoms with Gasteiger partial charge in [-0.15, -0.1) is 0 Å². The fourth-order valence-corrected chi connectivity index (χ4v) is 3.18. The molecule has 0 fully saturated rings. The fourth-order valence-electron chi connectivity index (χ4n) is 3.18. The molecule has 0 spiro atoms. The Balaban J connectivity index is 1.42. The van der Waals surface area contributed by atoms with E-state index in [0.717, 1.165) is 11.1 Å². The highest BCUT2D eigenvalue weighted by atomic mass is 16.5. The predicted molar refractivity (Wildman–Crippen MR) is 123 cm³/mol. The third-order valence-corrected chi connectivity index (χ3v) is 4.93. The van der Waals surface area contributed by atoms with Crippen LogP contribution in [0.4, 0.5) is 0 Å². The normalized spacial score (nSPS) is 10.2. The molecule has 8 heteroatoms. The molecule has 3 N–H and O–H groups in total. The molecule has 0 aliphatic carbocycles. The van der Waals surface area contributed by atoms with Gasteiger partial charge in [-0.1, -0.05) is 48.5 Å². The maximum Gasteiger partial charge on any atom is 0.305 e. The van der Waals surface area contributed by atoms with Crippen molar-refractivity contribution in [3.63, 3.8) is 0 Å². The maximum atomic E-state index is 12.5. The molecule has 0 unspecified atom stereocenters. The molecule has 0 saturated heterocycles. The molecule has 168 valence electrons. The van der Waals surface area contributed by atoms with Crippen LogP contribution in [-0.4, -0.2) is 16.9 Å². The van der Waals surface area contributed by atoms with Gasteiger partial charge in [-0.2, -0.15) is 5.26 Å². The average molecular weight is 453 g/mol. The lowest BCUT2D eigenvalue weighted by molar-refractivity contribution is 0.0831. The largest absolute Gasteiger partial charge is 0.507 e. The number of nitrogens with zero attached hydrogens (tertiary/aromatic N) is 1. The van der Waals surface area contributed by atoms with Gasteiger partial charge in [0.05, 0.1) is 11.8 Å². The summed E-state index contributed by atoms with van der Waals surface area (Å²) in [5.74, 6) is -0.943. The van der Waals surface area contributed by atoms with Crippen LogP contribution in [0.3, 0.4) is 0 Å². The van der Waals surface area contributed by atoms with Crippen molar-refractivity contribution < 1.29 is 23.8 Å². The third-order valence-electron chi connectivity index (χ3n) is 4.93. The van der Waals surface area contributed by atoms with E-state index in [1.54, 1.807) is 12.1 Å². The van der Waals surface area contributed by atoms with E-state index in [1.807, 2.05) is 54.6 Å². The highest BCUT2D eigenvalue weighted by molar-refractivity contribution is 5.98. The van der Waals surface area contributed by atoms with Gasteiger partial charge in [-0.25, -0.2) is 0 Å². The second kappa shape index (κ2) is 10.1. The van der Waals surface area contributed by atoms with E-state index in [1.165, 1.54) is 24.5 Å². The van der Waals surface area contributed by atoms with E-state index in [2.05, 4.69) is 10.9 Å². The summed E-state index contributed by atoms with van der Waals surface area (Å²) in [5.41, 5.74) is 6.97. The lowest BCUT2D eigenvalue weighted by atomic mass is 10.1. The van der Waals surface area contributed by atoms with Gasteiger partial charge in [-0.3, -0.25) is 20.4 Å². The van der Waals surface area contributed by atoms with Crippen molar-refractivity contribution in [2.45, 2.75) is 6.61 Å². The zero-order valence-electron chi connectivity index (χ0n) is 17.8. The molecule has 34 heavy (non-hydrogen) atoms. The average Bonchev–Trinajstić information content (AvgIpc) is 3.37. The van der Waals surface area contributed by atoms with E-state index >= 15 is 0 Å². The van der Waals surface area contributed by atoms with Crippen LogP contribution in [-0.2, 0) is 6.61 Å². The number of amides is 2. The van der Waals surface area contributed by atoms with Crippen molar-refractivity contribution in [3.8, 4) is 28.7 Å². The lowest BCUT2D eigenvalue weighted by Gasteiger charge is -2.10. The molecule has 0 bridgehead atoms. The first-order chi connectivity index (χ1) is 16.5.